The first-order valence-electron chi connectivity index (χ1n) is 27.3. The van der Waals surface area contributed by atoms with Gasteiger partial charge < -0.3 is 47.7 Å². The summed E-state index contributed by atoms with van der Waals surface area (Å²) in [6.07, 6.45) is -9.89. The molecule has 3 aromatic carbocycles. The molecule has 0 spiro atoms. The Labute approximate surface area is 455 Å². The number of rotatable bonds is 20. The minimum Gasteiger partial charge on any atom is -0.456 e. The summed E-state index contributed by atoms with van der Waals surface area (Å²) in [7, 11) is -4.30. The minimum absolute atomic E-state index is 0.0413. The number of carbonyl (C=O) groups excluding carboxylic acids is 6. The van der Waals surface area contributed by atoms with Crippen molar-refractivity contribution in [2.75, 3.05) is 13.7 Å². The number of fused-ring (bicyclic) bond motifs is 5. The van der Waals surface area contributed by atoms with E-state index in [1.165, 1.54) is 6.92 Å². The maximum atomic E-state index is 16.6. The number of benzene rings is 3. The summed E-state index contributed by atoms with van der Waals surface area (Å²) < 4.78 is 52.2. The molecule has 11 atom stereocenters. The second-order valence-corrected chi connectivity index (χ2v) is 31.4. The van der Waals surface area contributed by atoms with Crippen molar-refractivity contribution in [1.82, 2.24) is 5.32 Å². The molecule has 418 valence electrons. The zero-order valence-electron chi connectivity index (χ0n) is 46.8. The number of ketones is 1. The first-order chi connectivity index (χ1) is 36.5. The smallest absolute Gasteiger partial charge is 0.456 e. The Morgan fingerprint density at radius 1 is 0.766 bits per heavy atom. The van der Waals surface area contributed by atoms with E-state index in [0.717, 1.165) is 7.11 Å². The van der Waals surface area contributed by atoms with E-state index in [4.69, 9.17) is 37.3 Å². The van der Waals surface area contributed by atoms with E-state index >= 15 is 9.59 Å². The van der Waals surface area contributed by atoms with Crippen LogP contribution in [0.15, 0.2) is 102 Å². The van der Waals surface area contributed by atoms with Crippen molar-refractivity contribution >= 4 is 52.4 Å². The monoisotopic (exact) mass is 1100 g/mol. The third-order valence-corrected chi connectivity index (χ3v) is 27.4. The second kappa shape index (κ2) is 23.4. The van der Waals surface area contributed by atoms with Crippen LogP contribution in [0, 0.1) is 16.7 Å². The Hall–Kier alpha value is -5.51. The van der Waals surface area contributed by atoms with Crippen molar-refractivity contribution in [1.29, 1.82) is 0 Å². The van der Waals surface area contributed by atoms with Gasteiger partial charge in [-0.15, -0.1) is 0 Å². The molecule has 1 heterocycles. The first kappa shape index (κ1) is 59.2. The van der Waals surface area contributed by atoms with E-state index in [9.17, 15) is 24.3 Å². The summed E-state index contributed by atoms with van der Waals surface area (Å²) in [6.45, 7) is 19.8. The van der Waals surface area contributed by atoms with Gasteiger partial charge in [0.25, 0.3) is 5.91 Å². The van der Waals surface area contributed by atoms with E-state index in [0.29, 0.717) is 53.0 Å². The highest BCUT2D eigenvalue weighted by atomic mass is 28.4. The molecule has 1 unspecified atom stereocenters. The summed E-state index contributed by atoms with van der Waals surface area (Å²) in [6, 6.07) is 28.6. The van der Waals surface area contributed by atoms with Crippen LogP contribution in [0.3, 0.4) is 0 Å². The number of ether oxygens (including phenoxy) is 6. The number of carbonyl (C=O) groups is 6. The van der Waals surface area contributed by atoms with E-state index in [-0.39, 0.29) is 24.2 Å². The zero-order chi connectivity index (χ0) is 56.3. The third kappa shape index (κ3) is 10.7. The van der Waals surface area contributed by atoms with Gasteiger partial charge in [0.1, 0.15) is 23.9 Å². The van der Waals surface area contributed by atoms with E-state index in [1.54, 1.807) is 113 Å². The predicted octanol–water partition coefficient (Wildman–Crippen LogP) is 10.0. The van der Waals surface area contributed by atoms with Crippen molar-refractivity contribution in [3.63, 3.8) is 0 Å². The molecule has 0 radical (unpaired) electrons. The Kier molecular flexibility index (Phi) is 18.0. The van der Waals surface area contributed by atoms with Gasteiger partial charge in [-0.25, -0.2) is 14.4 Å². The highest BCUT2D eigenvalue weighted by molar-refractivity contribution is 6.74. The van der Waals surface area contributed by atoms with Gasteiger partial charge in [-0.2, -0.15) is 0 Å². The minimum atomic E-state index is -2.77. The van der Waals surface area contributed by atoms with Gasteiger partial charge in [0.15, 0.2) is 40.2 Å². The van der Waals surface area contributed by atoms with Crippen molar-refractivity contribution < 1.29 is 71.1 Å². The molecule has 18 heteroatoms. The van der Waals surface area contributed by atoms with E-state index in [2.05, 4.69) is 5.32 Å². The maximum Gasteiger partial charge on any atom is 0.508 e. The molecular weight excluding hydrogens is 1020 g/mol. The van der Waals surface area contributed by atoms with Gasteiger partial charge >= 0.3 is 24.1 Å². The fourth-order valence-electron chi connectivity index (χ4n) is 12.9. The van der Waals surface area contributed by atoms with Crippen LogP contribution in [0.25, 0.3) is 0 Å². The van der Waals surface area contributed by atoms with Crippen LogP contribution in [0.1, 0.15) is 121 Å². The fourth-order valence-corrected chi connectivity index (χ4v) is 18.7. The number of hydrogen-bond donors (Lipinski definition) is 2. The summed E-state index contributed by atoms with van der Waals surface area (Å²) >= 11 is 0. The lowest BCUT2D eigenvalue weighted by Crippen LogP contribution is -2.82. The van der Waals surface area contributed by atoms with Crippen LogP contribution in [-0.4, -0.2) is 119 Å². The predicted molar refractivity (Wildman–Crippen MR) is 292 cm³/mol. The number of aliphatic hydroxyl groups is 1. The summed E-state index contributed by atoms with van der Waals surface area (Å²) in [5, 5.41) is 17.6. The van der Waals surface area contributed by atoms with Gasteiger partial charge in [-0.05, 0) is 91.1 Å². The Bertz CT molecular complexity index is 2640. The number of amides is 1. The fraction of sp³-hybridized carbons (Fsp3) is 0.559. The molecule has 1 saturated heterocycles. The Morgan fingerprint density at radius 2 is 1.31 bits per heavy atom. The lowest BCUT2D eigenvalue weighted by molar-refractivity contribution is -0.343. The van der Waals surface area contributed by atoms with E-state index in [1.807, 2.05) is 47.6 Å². The summed E-state index contributed by atoms with van der Waals surface area (Å²) in [5.41, 5.74) is -6.26. The first-order valence-corrected chi connectivity index (χ1v) is 32.4. The average molecular weight is 1100 g/mol. The highest BCUT2D eigenvalue weighted by Crippen LogP contribution is 2.65. The van der Waals surface area contributed by atoms with Gasteiger partial charge in [-0.1, -0.05) is 122 Å². The van der Waals surface area contributed by atoms with Crippen LogP contribution < -0.4 is 5.32 Å². The van der Waals surface area contributed by atoms with Crippen molar-refractivity contribution in [2.24, 2.45) is 16.7 Å². The van der Waals surface area contributed by atoms with Crippen molar-refractivity contribution in [3.05, 3.63) is 119 Å². The second-order valence-electron chi connectivity index (χ2n) is 22.0. The van der Waals surface area contributed by atoms with Crippen LogP contribution in [-0.2, 0) is 51.7 Å². The average Bonchev–Trinajstić information content (AvgIpc) is 3.62. The lowest BCUT2D eigenvalue weighted by Gasteiger charge is -2.68. The molecule has 77 heavy (non-hydrogen) atoms. The van der Waals surface area contributed by atoms with E-state index < -0.39 is 129 Å². The molecule has 2 saturated carbocycles. The molecule has 16 nitrogen and oxygen atoms in total. The lowest BCUT2D eigenvalue weighted by atomic mass is 9.44. The molecule has 2 N–H and O–H groups in total. The number of nitrogens with one attached hydrogen (secondary N) is 1. The van der Waals surface area contributed by atoms with Crippen molar-refractivity contribution in [3.8, 4) is 0 Å². The van der Waals surface area contributed by atoms with Crippen LogP contribution in [0.2, 0.25) is 36.3 Å². The molecule has 2 bridgehead atoms. The molecule has 7 rings (SSSR count). The number of esters is 3. The molecular formula is C59H79NO15Si2. The van der Waals surface area contributed by atoms with Gasteiger partial charge in [0, 0.05) is 30.7 Å². The SMILES string of the molecule is CC[Si](CC)(CC)O[C@H]1C[C@H]2OC[C@@]2(OC(=O)OC)C2[C@H](OC(=O)c3ccccc3)[C@]3(O)C[C@H](OC(=O)[C@H](O[Si](CC)(CC)CC)[C@@H](NC(=O)c4ccccc4)c4ccccc4)C(C)=C([C@@H](OC(C)=O)C(=O)[C@@]21C)C3(C)C. The molecule has 3 aliphatic carbocycles. The normalized spacial score (nSPS) is 28.4. The molecule has 3 fully saturated rings. The molecule has 3 aromatic rings. The van der Waals surface area contributed by atoms with Crippen molar-refractivity contribution in [2.45, 2.75) is 179 Å². The molecule has 1 aliphatic heterocycles. The number of hydrogen-bond acceptors (Lipinski definition) is 15. The highest BCUT2D eigenvalue weighted by Gasteiger charge is 2.79. The summed E-state index contributed by atoms with van der Waals surface area (Å²) in [5.74, 6) is -5.18. The largest absolute Gasteiger partial charge is 0.508 e. The quantitative estimate of drug-likeness (QED) is 0.0467. The van der Waals surface area contributed by atoms with Gasteiger partial charge in [-0.3, -0.25) is 14.4 Å². The Balaban J connectivity index is 1.50. The third-order valence-electron chi connectivity index (χ3n) is 18.2. The van der Waals surface area contributed by atoms with Gasteiger partial charge in [0.2, 0.25) is 0 Å². The standard InChI is InChI=1S/C59H79NO15Si2/c1-13-76(14-2,15-3)74-43-34-44-58(36-69-44,73-55(66)68-12)49-51(72-53(64)41-32-26-21-27-33-41)59(67)35-42(37(7)45(56(59,9)10)47(70-38(8)61)50(62)57(43,49)11)71-54(65)48(75-77(16-4,17-5)18-6)46(39-28-22-19-23-29-39)60-52(63)40-30-24-20-25-31-40/h19-33,42-44,46-49,51,67H,13-18,34-36H2,1-12H3,(H,60,63)/t42-,43-,44+,46-,47+,48+,49?,51-,57+,58-,59+/m0/s1. The maximum absolute atomic E-state index is 16.6. The zero-order valence-corrected chi connectivity index (χ0v) is 48.8. The van der Waals surface area contributed by atoms with Crippen LogP contribution in [0.4, 0.5) is 4.79 Å². The molecule has 1 amide bonds. The topological polar surface area (TPSA) is 209 Å². The number of methoxy groups -OCH3 is 1. The molecule has 4 aliphatic rings. The summed E-state index contributed by atoms with van der Waals surface area (Å²) in [4.78, 5) is 88.9. The number of Topliss-reactive ketones (excluding diaryl/α,β-unsaturated/α-hetero) is 1. The van der Waals surface area contributed by atoms with Crippen LogP contribution in [0.5, 0.6) is 0 Å². The molecule has 0 aromatic heterocycles. The Morgan fingerprint density at radius 3 is 1.82 bits per heavy atom. The van der Waals surface area contributed by atoms with Gasteiger partial charge in [0.05, 0.1) is 42.8 Å². The van der Waals surface area contributed by atoms with Crippen LogP contribution >= 0.6 is 0 Å².